The highest BCUT2D eigenvalue weighted by Gasteiger charge is 2.22. The summed E-state index contributed by atoms with van der Waals surface area (Å²) >= 11 is 6.38. The van der Waals surface area contributed by atoms with Crippen LogP contribution in [-0.2, 0) is 10.0 Å². The molecule has 3 N–H and O–H groups in total. The van der Waals surface area contributed by atoms with Crippen LogP contribution in [0.2, 0.25) is 5.02 Å². The second kappa shape index (κ2) is 9.52. The van der Waals surface area contributed by atoms with Gasteiger partial charge in [-0.3, -0.25) is 9.69 Å². The number of rotatable bonds is 8. The monoisotopic (exact) mass is 423 g/mol. The van der Waals surface area contributed by atoms with E-state index in [0.717, 1.165) is 18.7 Å². The van der Waals surface area contributed by atoms with Gasteiger partial charge in [-0.2, -0.15) is 0 Å². The Morgan fingerprint density at radius 1 is 1.18 bits per heavy atom. The van der Waals surface area contributed by atoms with Crippen LogP contribution in [0.15, 0.2) is 47.4 Å². The molecule has 0 saturated carbocycles. The van der Waals surface area contributed by atoms with E-state index < -0.39 is 10.0 Å². The quantitative estimate of drug-likeness (QED) is 0.682. The van der Waals surface area contributed by atoms with Crippen molar-refractivity contribution in [3.63, 3.8) is 0 Å². The van der Waals surface area contributed by atoms with Gasteiger partial charge in [0.1, 0.15) is 0 Å². The predicted octanol–water partition coefficient (Wildman–Crippen LogP) is 3.11. The second-order valence-corrected chi connectivity index (χ2v) is 8.43. The number of halogens is 1. The second-order valence-electron chi connectivity index (χ2n) is 6.49. The lowest BCUT2D eigenvalue weighted by atomic mass is 10.0. The predicted molar refractivity (Wildman–Crippen MR) is 112 cm³/mol. The Balaban J connectivity index is 2.26. The molecule has 0 heterocycles. The summed E-state index contributed by atoms with van der Waals surface area (Å²) < 4.78 is 23.4. The molecule has 8 heteroatoms. The first-order valence-corrected chi connectivity index (χ1v) is 11.0. The number of aryl methyl sites for hydroxylation is 1. The zero-order chi connectivity index (χ0) is 20.9. The minimum absolute atomic E-state index is 0.0495. The number of hydrogen-bond donors (Lipinski definition) is 2. The van der Waals surface area contributed by atoms with Crippen molar-refractivity contribution in [1.82, 2.24) is 10.2 Å². The van der Waals surface area contributed by atoms with Crippen LogP contribution in [0, 0.1) is 6.92 Å². The maximum Gasteiger partial charge on any atom is 0.251 e. The number of carbonyl (C=O) groups is 1. The normalized spacial score (nSPS) is 12.8. The van der Waals surface area contributed by atoms with Gasteiger partial charge in [-0.1, -0.05) is 49.7 Å². The Bertz CT molecular complexity index is 943. The Morgan fingerprint density at radius 3 is 2.39 bits per heavy atom. The molecule has 0 fully saturated rings. The fourth-order valence-electron chi connectivity index (χ4n) is 3.18. The summed E-state index contributed by atoms with van der Waals surface area (Å²) in [5, 5.41) is 8.77. The molecule has 2 aromatic rings. The number of benzene rings is 2. The van der Waals surface area contributed by atoms with Gasteiger partial charge in [0, 0.05) is 17.1 Å². The fourth-order valence-corrected chi connectivity index (χ4v) is 4.25. The lowest BCUT2D eigenvalue weighted by molar-refractivity contribution is 0.0934. The third kappa shape index (κ3) is 5.32. The van der Waals surface area contributed by atoms with Crippen LogP contribution in [0.1, 0.15) is 41.4 Å². The van der Waals surface area contributed by atoms with Crippen LogP contribution in [0.4, 0.5) is 0 Å². The molecule has 0 saturated heterocycles. The Kier molecular flexibility index (Phi) is 7.60. The molecule has 6 nitrogen and oxygen atoms in total. The number of amides is 1. The summed E-state index contributed by atoms with van der Waals surface area (Å²) in [5.74, 6) is -0.367. The van der Waals surface area contributed by atoms with Crippen molar-refractivity contribution in [1.29, 1.82) is 0 Å². The van der Waals surface area contributed by atoms with Gasteiger partial charge in [0.05, 0.1) is 10.9 Å². The maximum atomic E-state index is 12.7. The van der Waals surface area contributed by atoms with E-state index in [0.29, 0.717) is 17.1 Å². The molecule has 1 amide bonds. The Labute approximate surface area is 171 Å². The fraction of sp³-hybridized carbons (Fsp3) is 0.350. The number of hydrogen-bond acceptors (Lipinski definition) is 4. The minimum Gasteiger partial charge on any atom is -0.350 e. The van der Waals surface area contributed by atoms with E-state index in [1.54, 1.807) is 19.1 Å². The molecule has 0 radical (unpaired) electrons. The van der Waals surface area contributed by atoms with Gasteiger partial charge >= 0.3 is 0 Å². The molecule has 0 bridgehead atoms. The number of primary sulfonamides is 1. The number of carbonyl (C=O) groups excluding carboxylic acids is 1. The van der Waals surface area contributed by atoms with Gasteiger partial charge in [0.15, 0.2) is 0 Å². The number of likely N-dealkylation sites (N-methyl/N-ethyl adjacent to an activating group) is 1. The summed E-state index contributed by atoms with van der Waals surface area (Å²) in [4.78, 5) is 14.8. The van der Waals surface area contributed by atoms with Gasteiger partial charge < -0.3 is 5.32 Å². The van der Waals surface area contributed by atoms with Crippen molar-refractivity contribution >= 4 is 27.5 Å². The smallest absolute Gasteiger partial charge is 0.251 e. The van der Waals surface area contributed by atoms with Gasteiger partial charge in [0.25, 0.3) is 5.91 Å². The van der Waals surface area contributed by atoms with Crippen molar-refractivity contribution in [3.05, 3.63) is 64.2 Å². The van der Waals surface area contributed by atoms with Crippen LogP contribution in [0.25, 0.3) is 0 Å². The summed E-state index contributed by atoms with van der Waals surface area (Å²) in [6, 6.07) is 11.9. The van der Waals surface area contributed by atoms with Crippen molar-refractivity contribution in [2.75, 3.05) is 19.6 Å². The van der Waals surface area contributed by atoms with E-state index in [-0.39, 0.29) is 22.4 Å². The Morgan fingerprint density at radius 2 is 1.82 bits per heavy atom. The van der Waals surface area contributed by atoms with Gasteiger partial charge in [0.2, 0.25) is 10.0 Å². The molecule has 1 atom stereocenters. The minimum atomic E-state index is -3.90. The van der Waals surface area contributed by atoms with Crippen LogP contribution < -0.4 is 10.5 Å². The molecule has 152 valence electrons. The number of nitrogens with two attached hydrogens (primary N) is 1. The maximum absolute atomic E-state index is 12.7. The van der Waals surface area contributed by atoms with Crippen LogP contribution in [0.5, 0.6) is 0 Å². The lowest BCUT2D eigenvalue weighted by Crippen LogP contribution is -2.38. The molecule has 0 aliphatic heterocycles. The first kappa shape index (κ1) is 22.4. The summed E-state index contributed by atoms with van der Waals surface area (Å²) in [6.45, 7) is 7.66. The van der Waals surface area contributed by atoms with Gasteiger partial charge in [-0.05, 0) is 49.3 Å². The largest absolute Gasteiger partial charge is 0.350 e. The van der Waals surface area contributed by atoms with Crippen molar-refractivity contribution in [2.24, 2.45) is 5.14 Å². The molecule has 0 aromatic heterocycles. The summed E-state index contributed by atoms with van der Waals surface area (Å²) in [6.07, 6.45) is 0. The average molecular weight is 424 g/mol. The SMILES string of the molecule is CCN(CC)C(CNC(=O)c1ccc(C)c(S(N)(=O)=O)c1)c1ccccc1Cl. The molecule has 2 rings (SSSR count). The number of nitrogens with one attached hydrogen (secondary N) is 1. The highest BCUT2D eigenvalue weighted by molar-refractivity contribution is 7.89. The Hall–Kier alpha value is -1.93. The third-order valence-electron chi connectivity index (χ3n) is 4.73. The van der Waals surface area contributed by atoms with Crippen molar-refractivity contribution < 1.29 is 13.2 Å². The van der Waals surface area contributed by atoms with E-state index >= 15 is 0 Å². The molecule has 0 aliphatic rings. The van der Waals surface area contributed by atoms with Crippen molar-refractivity contribution in [2.45, 2.75) is 31.7 Å². The molecule has 0 aliphatic carbocycles. The summed E-state index contributed by atoms with van der Waals surface area (Å²) in [7, 11) is -3.90. The van der Waals surface area contributed by atoms with E-state index in [1.807, 2.05) is 38.1 Å². The van der Waals surface area contributed by atoms with Crippen molar-refractivity contribution in [3.8, 4) is 0 Å². The lowest BCUT2D eigenvalue weighted by Gasteiger charge is -2.31. The number of nitrogens with zero attached hydrogens (tertiary/aromatic N) is 1. The van der Waals surface area contributed by atoms with Gasteiger partial charge in [-0.15, -0.1) is 0 Å². The van der Waals surface area contributed by atoms with E-state index in [4.69, 9.17) is 16.7 Å². The van der Waals surface area contributed by atoms with E-state index in [9.17, 15) is 13.2 Å². The zero-order valence-electron chi connectivity index (χ0n) is 16.3. The van der Waals surface area contributed by atoms with Crippen LogP contribution in [-0.4, -0.2) is 38.9 Å². The molecular formula is C20H26ClN3O3S. The molecule has 0 spiro atoms. The highest BCUT2D eigenvalue weighted by atomic mass is 35.5. The first-order valence-electron chi connectivity index (χ1n) is 9.09. The van der Waals surface area contributed by atoms with E-state index in [1.165, 1.54) is 6.07 Å². The van der Waals surface area contributed by atoms with E-state index in [2.05, 4.69) is 10.2 Å². The molecule has 1 unspecified atom stereocenters. The van der Waals surface area contributed by atoms with Crippen LogP contribution in [0.3, 0.4) is 0 Å². The standard InChI is InChI=1S/C20H26ClN3O3S/c1-4-24(5-2)18(16-8-6-7-9-17(16)21)13-23-20(25)15-11-10-14(3)19(12-15)28(22,26)27/h6-12,18H,4-5,13H2,1-3H3,(H,23,25)(H2,22,26,27). The van der Waals surface area contributed by atoms with Crippen LogP contribution >= 0.6 is 11.6 Å². The summed E-state index contributed by atoms with van der Waals surface area (Å²) in [5.41, 5.74) is 1.67. The van der Waals surface area contributed by atoms with Gasteiger partial charge in [-0.25, -0.2) is 13.6 Å². The molecule has 28 heavy (non-hydrogen) atoms. The number of sulfonamides is 1. The first-order chi connectivity index (χ1) is 13.2. The topological polar surface area (TPSA) is 92.5 Å². The highest BCUT2D eigenvalue weighted by Crippen LogP contribution is 2.27. The molecular weight excluding hydrogens is 398 g/mol. The molecule has 2 aromatic carbocycles. The third-order valence-corrected chi connectivity index (χ3v) is 6.13. The zero-order valence-corrected chi connectivity index (χ0v) is 17.8. The average Bonchev–Trinajstić information content (AvgIpc) is 2.65.